The Morgan fingerprint density at radius 2 is 1.47 bits per heavy atom. The van der Waals surface area contributed by atoms with Gasteiger partial charge in [-0.25, -0.2) is 0 Å². The Morgan fingerprint density at radius 3 is 2.13 bits per heavy atom. The molecule has 0 aromatic heterocycles. The lowest BCUT2D eigenvalue weighted by Crippen LogP contribution is -2.29. The van der Waals surface area contributed by atoms with Crippen LogP contribution < -0.4 is 0 Å². The van der Waals surface area contributed by atoms with Gasteiger partial charge in [-0.2, -0.15) is 0 Å². The third-order valence-electron chi connectivity index (χ3n) is 5.16. The topological polar surface area (TPSA) is 27.7 Å². The maximum absolute atomic E-state index is 6.35. The Kier molecular flexibility index (Phi) is 7.59. The first-order valence-corrected chi connectivity index (χ1v) is 11.3. The third-order valence-corrected chi connectivity index (χ3v) is 6.27. The molecule has 4 heteroatoms. The number of aryl methyl sites for hydroxylation is 1. The van der Waals surface area contributed by atoms with Gasteiger partial charge < -0.3 is 14.2 Å². The van der Waals surface area contributed by atoms with Crippen LogP contribution in [0.2, 0.25) is 0 Å². The number of ether oxygens (including phenoxy) is 3. The van der Waals surface area contributed by atoms with Gasteiger partial charge in [0.1, 0.15) is 11.5 Å². The quantitative estimate of drug-likeness (QED) is 0.424. The number of hydrogen-bond acceptors (Lipinski definition) is 4. The minimum atomic E-state index is -0.0691. The summed E-state index contributed by atoms with van der Waals surface area (Å²) in [5.41, 5.74) is 3.68. The second kappa shape index (κ2) is 10.8. The lowest BCUT2D eigenvalue weighted by molar-refractivity contribution is -0.0623. The van der Waals surface area contributed by atoms with E-state index in [9.17, 15) is 0 Å². The lowest BCUT2D eigenvalue weighted by atomic mass is 10.2. The molecule has 1 fully saturated rings. The van der Waals surface area contributed by atoms with Gasteiger partial charge in [0, 0.05) is 11.3 Å². The first-order chi connectivity index (χ1) is 14.8. The molecule has 1 aliphatic heterocycles. The van der Waals surface area contributed by atoms with Crippen LogP contribution in [0.15, 0.2) is 89.8 Å². The summed E-state index contributed by atoms with van der Waals surface area (Å²) in [5.74, 6) is 0. The van der Waals surface area contributed by atoms with Gasteiger partial charge in [0.25, 0.3) is 0 Å². The monoisotopic (exact) mass is 420 g/mol. The van der Waals surface area contributed by atoms with Crippen LogP contribution in [0.3, 0.4) is 0 Å². The Labute approximate surface area is 183 Å². The summed E-state index contributed by atoms with van der Waals surface area (Å²) in [6.07, 6.45) is 0.800. The summed E-state index contributed by atoms with van der Waals surface area (Å²) in [6.45, 7) is 3.81. The number of benzene rings is 3. The molecular weight excluding hydrogens is 392 g/mol. The van der Waals surface area contributed by atoms with Gasteiger partial charge in [-0.05, 0) is 30.2 Å². The predicted octanol–water partition coefficient (Wildman–Crippen LogP) is 6.00. The van der Waals surface area contributed by atoms with Crippen molar-refractivity contribution in [3.8, 4) is 0 Å². The van der Waals surface area contributed by atoms with E-state index in [1.54, 1.807) is 11.8 Å². The van der Waals surface area contributed by atoms with Crippen LogP contribution in [0.5, 0.6) is 0 Å². The van der Waals surface area contributed by atoms with Crippen molar-refractivity contribution in [1.82, 2.24) is 0 Å². The molecule has 0 bridgehead atoms. The number of hydrogen-bond donors (Lipinski definition) is 0. The summed E-state index contributed by atoms with van der Waals surface area (Å²) in [6, 6.07) is 29.1. The summed E-state index contributed by atoms with van der Waals surface area (Å²) >= 11 is 1.76. The van der Waals surface area contributed by atoms with Crippen molar-refractivity contribution >= 4 is 11.8 Å². The summed E-state index contributed by atoms with van der Waals surface area (Å²) in [4.78, 5) is 1.22. The minimum absolute atomic E-state index is 0.0175. The highest BCUT2D eigenvalue weighted by molar-refractivity contribution is 7.99. The minimum Gasteiger partial charge on any atom is -0.374 e. The van der Waals surface area contributed by atoms with Gasteiger partial charge >= 0.3 is 0 Å². The summed E-state index contributed by atoms with van der Waals surface area (Å²) < 4.78 is 18.6. The number of rotatable bonds is 9. The maximum atomic E-state index is 6.35. The van der Waals surface area contributed by atoms with Crippen molar-refractivity contribution in [3.63, 3.8) is 0 Å². The lowest BCUT2D eigenvalue weighted by Gasteiger charge is -2.19. The van der Waals surface area contributed by atoms with Gasteiger partial charge in [0.15, 0.2) is 0 Å². The van der Waals surface area contributed by atoms with E-state index in [0.29, 0.717) is 19.8 Å². The molecule has 156 valence electrons. The molecule has 0 unspecified atom stereocenters. The van der Waals surface area contributed by atoms with Crippen LogP contribution in [0.4, 0.5) is 0 Å². The van der Waals surface area contributed by atoms with Crippen molar-refractivity contribution < 1.29 is 14.2 Å². The van der Waals surface area contributed by atoms with Crippen molar-refractivity contribution in [2.75, 3.05) is 6.61 Å². The average molecular weight is 421 g/mol. The van der Waals surface area contributed by atoms with E-state index >= 15 is 0 Å². The standard InChI is InChI=1S/C26H28O3S/c1-20-12-14-23(15-13-20)30-26-16-24(28-18-22-10-6-3-7-11-22)25(29-26)19-27-17-21-8-4-2-5-9-21/h2-15,24-26H,16-19H2,1H3/t24-,25+,26+/m0/s1. The molecule has 0 aliphatic carbocycles. The van der Waals surface area contributed by atoms with Gasteiger partial charge in [0.2, 0.25) is 0 Å². The molecular formula is C26H28O3S. The van der Waals surface area contributed by atoms with Crippen molar-refractivity contribution in [2.24, 2.45) is 0 Å². The molecule has 1 heterocycles. The fourth-order valence-corrected chi connectivity index (χ4v) is 4.57. The van der Waals surface area contributed by atoms with Crippen LogP contribution in [-0.4, -0.2) is 24.3 Å². The molecule has 0 radical (unpaired) electrons. The van der Waals surface area contributed by atoms with Gasteiger partial charge in [-0.15, -0.1) is 0 Å². The Balaban J connectivity index is 1.35. The second-order valence-electron chi connectivity index (χ2n) is 7.61. The average Bonchev–Trinajstić information content (AvgIpc) is 3.17. The molecule has 30 heavy (non-hydrogen) atoms. The Hall–Kier alpha value is -2.11. The number of thioether (sulfide) groups is 1. The van der Waals surface area contributed by atoms with Gasteiger partial charge in [-0.3, -0.25) is 0 Å². The molecule has 1 aliphatic rings. The molecule has 0 spiro atoms. The van der Waals surface area contributed by atoms with E-state index in [0.717, 1.165) is 6.42 Å². The highest BCUT2D eigenvalue weighted by atomic mass is 32.2. The maximum Gasteiger partial charge on any atom is 0.110 e. The van der Waals surface area contributed by atoms with Crippen molar-refractivity contribution in [3.05, 3.63) is 102 Å². The van der Waals surface area contributed by atoms with Gasteiger partial charge in [-0.1, -0.05) is 90.1 Å². The molecule has 3 aromatic carbocycles. The highest BCUT2D eigenvalue weighted by Gasteiger charge is 2.36. The largest absolute Gasteiger partial charge is 0.374 e. The van der Waals surface area contributed by atoms with Crippen molar-refractivity contribution in [2.45, 2.75) is 49.1 Å². The second-order valence-corrected chi connectivity index (χ2v) is 8.84. The van der Waals surface area contributed by atoms with Crippen LogP contribution >= 0.6 is 11.8 Å². The van der Waals surface area contributed by atoms with E-state index in [2.05, 4.69) is 55.5 Å². The van der Waals surface area contributed by atoms with E-state index < -0.39 is 0 Å². The molecule has 3 atom stereocenters. The summed E-state index contributed by atoms with van der Waals surface area (Å²) in [5, 5.41) is 0. The Morgan fingerprint density at radius 1 is 0.833 bits per heavy atom. The van der Waals surface area contributed by atoms with Crippen LogP contribution in [0.25, 0.3) is 0 Å². The zero-order valence-electron chi connectivity index (χ0n) is 17.3. The molecule has 0 saturated carbocycles. The van der Waals surface area contributed by atoms with Crippen LogP contribution in [0.1, 0.15) is 23.1 Å². The fraction of sp³-hybridized carbons (Fsp3) is 0.308. The zero-order valence-corrected chi connectivity index (χ0v) is 18.1. The Bertz CT molecular complexity index is 883. The normalized spacial score (nSPS) is 21.0. The third kappa shape index (κ3) is 6.19. The first kappa shape index (κ1) is 21.1. The zero-order chi connectivity index (χ0) is 20.6. The van der Waals surface area contributed by atoms with E-state index in [1.165, 1.54) is 21.6 Å². The highest BCUT2D eigenvalue weighted by Crippen LogP contribution is 2.35. The molecule has 0 N–H and O–H groups in total. The van der Waals surface area contributed by atoms with Crippen LogP contribution in [-0.2, 0) is 27.4 Å². The van der Waals surface area contributed by atoms with E-state index in [-0.39, 0.29) is 17.6 Å². The smallest absolute Gasteiger partial charge is 0.110 e. The fourth-order valence-electron chi connectivity index (χ4n) is 3.49. The van der Waals surface area contributed by atoms with E-state index in [1.807, 2.05) is 36.4 Å². The SMILES string of the molecule is Cc1ccc(S[C@@H]2C[C@H](OCc3ccccc3)[C@@H](COCc3ccccc3)O2)cc1. The predicted molar refractivity (Wildman–Crippen MR) is 121 cm³/mol. The van der Waals surface area contributed by atoms with Crippen molar-refractivity contribution in [1.29, 1.82) is 0 Å². The molecule has 3 aromatic rings. The van der Waals surface area contributed by atoms with Gasteiger partial charge in [0.05, 0.1) is 25.9 Å². The molecule has 4 rings (SSSR count). The van der Waals surface area contributed by atoms with Crippen LogP contribution in [0, 0.1) is 6.92 Å². The first-order valence-electron chi connectivity index (χ1n) is 10.4. The molecule has 0 amide bonds. The molecule has 1 saturated heterocycles. The summed E-state index contributed by atoms with van der Waals surface area (Å²) in [7, 11) is 0. The molecule has 3 nitrogen and oxygen atoms in total. The van der Waals surface area contributed by atoms with E-state index in [4.69, 9.17) is 14.2 Å².